The van der Waals surface area contributed by atoms with E-state index in [1.807, 2.05) is 0 Å². The van der Waals surface area contributed by atoms with E-state index in [2.05, 4.69) is 5.32 Å². The molecule has 2 aliphatic rings. The molecule has 2 fully saturated rings. The number of hydrogen-bond acceptors (Lipinski definition) is 3. The van der Waals surface area contributed by atoms with Crippen LogP contribution in [0.25, 0.3) is 0 Å². The lowest BCUT2D eigenvalue weighted by Gasteiger charge is -2.17. The van der Waals surface area contributed by atoms with E-state index < -0.39 is 0 Å². The van der Waals surface area contributed by atoms with Gasteiger partial charge in [-0.05, 0) is 25.7 Å². The molecule has 3 unspecified atom stereocenters. The summed E-state index contributed by atoms with van der Waals surface area (Å²) in [4.78, 5) is 11.8. The van der Waals surface area contributed by atoms with Crippen LogP contribution in [-0.2, 0) is 9.53 Å². The number of ether oxygens (including phenoxy) is 1. The molecule has 1 saturated carbocycles. The molecule has 16 heavy (non-hydrogen) atoms. The van der Waals surface area contributed by atoms with Crippen LogP contribution >= 0.6 is 12.4 Å². The Hall–Kier alpha value is -0.320. The zero-order valence-corrected chi connectivity index (χ0v) is 10.3. The van der Waals surface area contributed by atoms with Crippen LogP contribution in [0.2, 0.25) is 0 Å². The summed E-state index contributed by atoms with van der Waals surface area (Å²) in [5.41, 5.74) is 5.87. The fourth-order valence-electron chi connectivity index (χ4n) is 2.47. The van der Waals surface area contributed by atoms with E-state index in [1.54, 1.807) is 0 Å². The number of carbonyl (C=O) groups is 1. The first kappa shape index (κ1) is 13.7. The van der Waals surface area contributed by atoms with E-state index in [-0.39, 0.29) is 36.4 Å². The molecule has 5 heteroatoms. The minimum Gasteiger partial charge on any atom is -0.376 e. The number of hydrogen-bond donors (Lipinski definition) is 2. The van der Waals surface area contributed by atoms with E-state index in [9.17, 15) is 4.79 Å². The molecule has 1 aliphatic carbocycles. The molecule has 3 N–H and O–H groups in total. The lowest BCUT2D eigenvalue weighted by Crippen LogP contribution is -2.41. The van der Waals surface area contributed by atoms with E-state index in [0.29, 0.717) is 6.54 Å². The van der Waals surface area contributed by atoms with Gasteiger partial charge in [0, 0.05) is 19.2 Å². The van der Waals surface area contributed by atoms with Gasteiger partial charge in [0.2, 0.25) is 5.91 Å². The molecule has 2 rings (SSSR count). The average molecular weight is 249 g/mol. The minimum absolute atomic E-state index is 0. The van der Waals surface area contributed by atoms with Crippen molar-refractivity contribution < 1.29 is 9.53 Å². The van der Waals surface area contributed by atoms with E-state index >= 15 is 0 Å². The number of halogens is 1. The Bertz CT molecular complexity index is 232. The molecule has 0 aromatic heterocycles. The first-order valence-electron chi connectivity index (χ1n) is 5.92. The van der Waals surface area contributed by atoms with Gasteiger partial charge >= 0.3 is 0 Å². The second-order valence-electron chi connectivity index (χ2n) is 4.58. The van der Waals surface area contributed by atoms with Crippen molar-refractivity contribution in [2.75, 3.05) is 13.2 Å². The predicted octanol–water partition coefficient (Wildman–Crippen LogP) is 0.831. The van der Waals surface area contributed by atoms with Crippen molar-refractivity contribution in [3.63, 3.8) is 0 Å². The molecule has 94 valence electrons. The van der Waals surface area contributed by atoms with Gasteiger partial charge in [-0.3, -0.25) is 4.79 Å². The molecule has 1 heterocycles. The summed E-state index contributed by atoms with van der Waals surface area (Å²) >= 11 is 0. The molecular weight excluding hydrogens is 228 g/mol. The van der Waals surface area contributed by atoms with Gasteiger partial charge in [0.15, 0.2) is 0 Å². The number of carbonyl (C=O) groups excluding carboxylic acids is 1. The van der Waals surface area contributed by atoms with Gasteiger partial charge < -0.3 is 15.8 Å². The van der Waals surface area contributed by atoms with Crippen LogP contribution < -0.4 is 11.1 Å². The van der Waals surface area contributed by atoms with Gasteiger partial charge in [-0.1, -0.05) is 6.42 Å². The molecule has 1 aliphatic heterocycles. The fraction of sp³-hybridized carbons (Fsp3) is 0.909. The highest BCUT2D eigenvalue weighted by Gasteiger charge is 2.30. The van der Waals surface area contributed by atoms with Crippen LogP contribution in [0, 0.1) is 5.92 Å². The van der Waals surface area contributed by atoms with Crippen LogP contribution in [0.4, 0.5) is 0 Å². The number of nitrogens with two attached hydrogens (primary N) is 1. The molecular formula is C11H21ClN2O2. The quantitative estimate of drug-likeness (QED) is 0.778. The van der Waals surface area contributed by atoms with Crippen molar-refractivity contribution in [1.29, 1.82) is 0 Å². The van der Waals surface area contributed by atoms with Gasteiger partial charge in [-0.15, -0.1) is 12.4 Å². The molecule has 0 bridgehead atoms. The number of rotatable bonds is 3. The lowest BCUT2D eigenvalue weighted by atomic mass is 10.0. The molecule has 0 radical (unpaired) electrons. The Morgan fingerprint density at radius 3 is 2.69 bits per heavy atom. The first-order valence-corrected chi connectivity index (χ1v) is 5.92. The maximum Gasteiger partial charge on any atom is 0.224 e. The van der Waals surface area contributed by atoms with Gasteiger partial charge in [-0.2, -0.15) is 0 Å². The maximum atomic E-state index is 11.8. The number of amides is 1. The molecule has 0 spiro atoms. The van der Waals surface area contributed by atoms with Gasteiger partial charge in [-0.25, -0.2) is 0 Å². The zero-order chi connectivity index (χ0) is 10.7. The molecule has 0 aromatic rings. The van der Waals surface area contributed by atoms with Crippen molar-refractivity contribution in [2.24, 2.45) is 11.7 Å². The third kappa shape index (κ3) is 3.34. The van der Waals surface area contributed by atoms with Gasteiger partial charge in [0.05, 0.1) is 12.0 Å². The summed E-state index contributed by atoms with van der Waals surface area (Å²) in [5.74, 6) is 0.155. The summed E-state index contributed by atoms with van der Waals surface area (Å²) in [7, 11) is 0. The standard InChI is InChI=1S/C11H20N2O2.ClH/c12-10-5-1-4-9(10)11(14)13-7-8-3-2-6-15-8;/h8-10H,1-7,12H2,(H,13,14);1H. The van der Waals surface area contributed by atoms with Crippen LogP contribution in [0.15, 0.2) is 0 Å². The Morgan fingerprint density at radius 1 is 1.31 bits per heavy atom. The summed E-state index contributed by atoms with van der Waals surface area (Å²) in [6.07, 6.45) is 5.42. The van der Waals surface area contributed by atoms with E-state index in [1.165, 1.54) is 0 Å². The summed E-state index contributed by atoms with van der Waals surface area (Å²) in [6, 6.07) is 0.0643. The highest BCUT2D eigenvalue weighted by molar-refractivity contribution is 5.85. The SMILES string of the molecule is Cl.NC1CCCC1C(=O)NCC1CCCO1. The van der Waals surface area contributed by atoms with Crippen LogP contribution in [0.3, 0.4) is 0 Å². The normalized spacial score (nSPS) is 33.4. The Balaban J connectivity index is 0.00000128. The summed E-state index contributed by atoms with van der Waals surface area (Å²) in [6.45, 7) is 1.49. The van der Waals surface area contributed by atoms with Crippen molar-refractivity contribution in [3.05, 3.63) is 0 Å². The summed E-state index contributed by atoms with van der Waals surface area (Å²) < 4.78 is 5.45. The van der Waals surface area contributed by atoms with Crippen molar-refractivity contribution in [2.45, 2.75) is 44.2 Å². The largest absolute Gasteiger partial charge is 0.376 e. The van der Waals surface area contributed by atoms with Gasteiger partial charge in [0.1, 0.15) is 0 Å². The minimum atomic E-state index is 0. The Kier molecular flexibility index (Phi) is 5.52. The summed E-state index contributed by atoms with van der Waals surface area (Å²) in [5, 5.41) is 2.95. The third-order valence-corrected chi connectivity index (χ3v) is 3.43. The fourth-order valence-corrected chi connectivity index (χ4v) is 2.47. The lowest BCUT2D eigenvalue weighted by molar-refractivity contribution is -0.125. The third-order valence-electron chi connectivity index (χ3n) is 3.43. The molecule has 1 saturated heterocycles. The monoisotopic (exact) mass is 248 g/mol. The smallest absolute Gasteiger partial charge is 0.224 e. The number of nitrogens with one attached hydrogen (secondary N) is 1. The van der Waals surface area contributed by atoms with Crippen LogP contribution in [0.5, 0.6) is 0 Å². The molecule has 3 atom stereocenters. The molecule has 1 amide bonds. The van der Waals surface area contributed by atoms with E-state index in [4.69, 9.17) is 10.5 Å². The Morgan fingerprint density at radius 2 is 2.12 bits per heavy atom. The van der Waals surface area contributed by atoms with Crippen molar-refractivity contribution in [3.8, 4) is 0 Å². The molecule has 4 nitrogen and oxygen atoms in total. The van der Waals surface area contributed by atoms with Crippen LogP contribution in [-0.4, -0.2) is 31.2 Å². The zero-order valence-electron chi connectivity index (χ0n) is 9.48. The average Bonchev–Trinajstić information content (AvgIpc) is 2.84. The van der Waals surface area contributed by atoms with Crippen molar-refractivity contribution in [1.82, 2.24) is 5.32 Å². The van der Waals surface area contributed by atoms with E-state index in [0.717, 1.165) is 38.7 Å². The molecule has 0 aromatic carbocycles. The maximum absolute atomic E-state index is 11.8. The first-order chi connectivity index (χ1) is 7.27. The predicted molar refractivity (Wildman–Crippen MR) is 64.5 cm³/mol. The topological polar surface area (TPSA) is 64.4 Å². The highest BCUT2D eigenvalue weighted by atomic mass is 35.5. The Labute approximate surface area is 103 Å². The van der Waals surface area contributed by atoms with Crippen molar-refractivity contribution >= 4 is 18.3 Å². The highest BCUT2D eigenvalue weighted by Crippen LogP contribution is 2.24. The second-order valence-corrected chi connectivity index (χ2v) is 4.58. The van der Waals surface area contributed by atoms with Gasteiger partial charge in [0.25, 0.3) is 0 Å². The van der Waals surface area contributed by atoms with Crippen LogP contribution in [0.1, 0.15) is 32.1 Å². The second kappa shape index (κ2) is 6.42.